The van der Waals surface area contributed by atoms with E-state index in [0.29, 0.717) is 18.4 Å². The van der Waals surface area contributed by atoms with E-state index in [4.69, 9.17) is 16.6 Å². The maximum atomic E-state index is 12.4. The Morgan fingerprint density at radius 1 is 1.32 bits per heavy atom. The molecular weight excluding hydrogens is 400 g/mol. The summed E-state index contributed by atoms with van der Waals surface area (Å²) in [5, 5.41) is 23.0. The number of phenols is 1. The number of carbonyl (C=O) groups excluding carboxylic acids is 2. The van der Waals surface area contributed by atoms with Gasteiger partial charge in [-0.05, 0) is 63.2 Å². The Bertz CT molecular complexity index is 935. The quantitative estimate of drug-likeness (QED) is 0.442. The molecule has 0 radical (unpaired) electrons. The van der Waals surface area contributed by atoms with Crippen molar-refractivity contribution in [1.29, 1.82) is 0 Å². The van der Waals surface area contributed by atoms with Crippen LogP contribution in [0.25, 0.3) is 0 Å². The predicted molar refractivity (Wildman–Crippen MR) is 113 cm³/mol. The third kappa shape index (κ3) is 3.55. The lowest BCUT2D eigenvalue weighted by molar-refractivity contribution is -0.140. The van der Waals surface area contributed by atoms with E-state index in [1.165, 1.54) is 0 Å². The summed E-state index contributed by atoms with van der Waals surface area (Å²) >= 11 is 0. The minimum Gasteiger partial charge on any atom is -0.507 e. The summed E-state index contributed by atoms with van der Waals surface area (Å²) in [4.78, 5) is 37.6. The number of nitrogens with zero attached hydrogens (tertiary/aromatic N) is 1. The molecule has 1 saturated carbocycles. The summed E-state index contributed by atoms with van der Waals surface area (Å²) in [5.74, 6) is -1.99. The molecule has 1 aromatic rings. The highest BCUT2D eigenvalue weighted by atomic mass is 16.4. The molecular formula is C22H30N4O5. The van der Waals surface area contributed by atoms with Gasteiger partial charge in [-0.15, -0.1) is 0 Å². The molecule has 2 aliphatic carbocycles. The van der Waals surface area contributed by atoms with Crippen molar-refractivity contribution in [3.63, 3.8) is 0 Å². The second-order valence-corrected chi connectivity index (χ2v) is 9.32. The van der Waals surface area contributed by atoms with Gasteiger partial charge in [0.1, 0.15) is 11.8 Å². The Hall–Kier alpha value is -2.65. The van der Waals surface area contributed by atoms with Crippen LogP contribution in [-0.2, 0) is 21.4 Å². The topological polar surface area (TPSA) is 159 Å². The Labute approximate surface area is 180 Å². The number of hydrogen-bond donors (Lipinski definition) is 5. The molecule has 1 saturated heterocycles. The average molecular weight is 431 g/mol. The molecule has 2 bridgehead atoms. The number of hydrogen-bond acceptors (Lipinski definition) is 6. The Balaban J connectivity index is 1.68. The summed E-state index contributed by atoms with van der Waals surface area (Å²) in [7, 11) is 2.12. The molecule has 1 unspecified atom stereocenters. The van der Waals surface area contributed by atoms with Crippen LogP contribution in [0.15, 0.2) is 12.1 Å². The fourth-order valence-electron chi connectivity index (χ4n) is 6.24. The van der Waals surface area contributed by atoms with Crippen LogP contribution >= 0.6 is 0 Å². The van der Waals surface area contributed by atoms with Crippen molar-refractivity contribution in [1.82, 2.24) is 10.2 Å². The molecule has 3 aliphatic rings. The van der Waals surface area contributed by atoms with Crippen molar-refractivity contribution in [2.45, 2.75) is 62.1 Å². The van der Waals surface area contributed by atoms with Crippen molar-refractivity contribution in [2.75, 3.05) is 13.6 Å². The number of fused-ring (bicyclic) bond motifs is 1. The van der Waals surface area contributed by atoms with Crippen LogP contribution in [0.3, 0.4) is 0 Å². The number of carboxylic acids is 1. The lowest BCUT2D eigenvalue weighted by atomic mass is 9.51. The summed E-state index contributed by atoms with van der Waals surface area (Å²) in [6, 6.07) is 2.43. The summed E-state index contributed by atoms with van der Waals surface area (Å²) in [5.41, 5.74) is 12.6. The summed E-state index contributed by atoms with van der Waals surface area (Å²) < 4.78 is 0. The highest BCUT2D eigenvalue weighted by molar-refractivity contribution is 5.96. The molecule has 168 valence electrons. The van der Waals surface area contributed by atoms with Crippen molar-refractivity contribution < 1.29 is 24.6 Å². The number of aliphatic carboxylic acids is 1. The molecule has 9 nitrogen and oxygen atoms in total. The van der Waals surface area contributed by atoms with Gasteiger partial charge in [-0.3, -0.25) is 14.4 Å². The van der Waals surface area contributed by atoms with Gasteiger partial charge in [-0.1, -0.05) is 6.07 Å². The molecule has 2 amide bonds. The van der Waals surface area contributed by atoms with Crippen LogP contribution in [0.1, 0.15) is 53.6 Å². The number of nitrogens with one attached hydrogen (secondary N) is 1. The molecule has 1 heterocycles. The summed E-state index contributed by atoms with van der Waals surface area (Å²) in [6.45, 7) is 0.853. The number of likely N-dealkylation sites (N-methyl/N-ethyl adjacent to an activating group) is 1. The minimum atomic E-state index is -1.24. The number of benzene rings is 1. The third-order valence-electron chi connectivity index (χ3n) is 7.63. The molecule has 0 spiro atoms. The maximum absolute atomic E-state index is 12.4. The second kappa shape index (κ2) is 7.80. The van der Waals surface area contributed by atoms with Crippen molar-refractivity contribution in [3.8, 4) is 5.75 Å². The Morgan fingerprint density at radius 3 is 2.74 bits per heavy atom. The molecule has 1 aromatic carbocycles. The zero-order valence-corrected chi connectivity index (χ0v) is 17.6. The first-order valence-electron chi connectivity index (χ1n) is 10.8. The average Bonchev–Trinajstić information content (AvgIpc) is 2.69. The van der Waals surface area contributed by atoms with Gasteiger partial charge in [0.15, 0.2) is 0 Å². The van der Waals surface area contributed by atoms with Gasteiger partial charge in [-0.25, -0.2) is 0 Å². The predicted octanol–water partition coefficient (Wildman–Crippen LogP) is 0.0760. The lowest BCUT2D eigenvalue weighted by Crippen LogP contribution is -2.62. The van der Waals surface area contributed by atoms with Gasteiger partial charge in [0.25, 0.3) is 5.91 Å². The number of likely N-dealkylation sites (tertiary alicyclic amines) is 1. The molecule has 4 rings (SSSR count). The zero-order chi connectivity index (χ0) is 22.5. The Kier molecular flexibility index (Phi) is 5.43. The SMILES string of the molecule is CN1CC[C@@]23C[C@H](NC(=O)C[C@@H](N)C(=O)O)CCC2[C@@H]1Cc1ccc(C(N)=O)c(O)c13. The van der Waals surface area contributed by atoms with E-state index < -0.39 is 17.9 Å². The van der Waals surface area contributed by atoms with Gasteiger partial charge < -0.3 is 31.9 Å². The lowest BCUT2D eigenvalue weighted by Gasteiger charge is -2.59. The van der Waals surface area contributed by atoms with E-state index in [0.717, 1.165) is 43.4 Å². The van der Waals surface area contributed by atoms with Gasteiger partial charge in [0.2, 0.25) is 5.91 Å². The molecule has 2 fully saturated rings. The number of nitrogens with two attached hydrogens (primary N) is 2. The number of rotatable bonds is 5. The fourth-order valence-corrected chi connectivity index (χ4v) is 6.24. The van der Waals surface area contributed by atoms with E-state index in [1.807, 2.05) is 6.07 Å². The van der Waals surface area contributed by atoms with Crippen molar-refractivity contribution >= 4 is 17.8 Å². The van der Waals surface area contributed by atoms with E-state index in [9.17, 15) is 19.5 Å². The Morgan fingerprint density at radius 2 is 2.06 bits per heavy atom. The molecule has 5 atom stereocenters. The number of amides is 2. The third-order valence-corrected chi connectivity index (χ3v) is 7.63. The highest BCUT2D eigenvalue weighted by Gasteiger charge is 2.56. The van der Waals surface area contributed by atoms with E-state index >= 15 is 0 Å². The highest BCUT2D eigenvalue weighted by Crippen LogP contribution is 2.58. The number of primary amides is 1. The molecule has 7 N–H and O–H groups in total. The van der Waals surface area contributed by atoms with Gasteiger partial charge in [-0.2, -0.15) is 0 Å². The van der Waals surface area contributed by atoms with Crippen molar-refractivity contribution in [3.05, 3.63) is 28.8 Å². The molecule has 31 heavy (non-hydrogen) atoms. The number of carbonyl (C=O) groups is 3. The minimum absolute atomic E-state index is 0.0297. The number of aromatic hydroxyl groups is 1. The van der Waals surface area contributed by atoms with Crippen LogP contribution < -0.4 is 16.8 Å². The van der Waals surface area contributed by atoms with Crippen LogP contribution in [0.4, 0.5) is 0 Å². The largest absolute Gasteiger partial charge is 0.507 e. The molecule has 9 heteroatoms. The maximum Gasteiger partial charge on any atom is 0.321 e. The van der Waals surface area contributed by atoms with Crippen LogP contribution in [0, 0.1) is 5.92 Å². The van der Waals surface area contributed by atoms with Crippen LogP contribution in [0.5, 0.6) is 5.75 Å². The number of piperidine rings is 1. The smallest absolute Gasteiger partial charge is 0.321 e. The molecule has 0 aromatic heterocycles. The first-order valence-corrected chi connectivity index (χ1v) is 10.8. The zero-order valence-electron chi connectivity index (χ0n) is 17.6. The summed E-state index contributed by atoms with van der Waals surface area (Å²) in [6.07, 6.45) is 3.59. The van der Waals surface area contributed by atoms with Gasteiger partial charge in [0, 0.05) is 23.1 Å². The first kappa shape index (κ1) is 21.6. The van der Waals surface area contributed by atoms with Crippen molar-refractivity contribution in [2.24, 2.45) is 17.4 Å². The van der Waals surface area contributed by atoms with E-state index in [2.05, 4.69) is 17.3 Å². The van der Waals surface area contributed by atoms with Crippen LogP contribution in [0.2, 0.25) is 0 Å². The second-order valence-electron chi connectivity index (χ2n) is 9.32. The molecule has 1 aliphatic heterocycles. The van der Waals surface area contributed by atoms with E-state index in [-0.39, 0.29) is 35.1 Å². The number of carboxylic acid groups (broad SMARTS) is 1. The standard InChI is InChI=1S/C22H30N4O5/c1-26-7-6-22-10-12(25-17(27)9-15(23)21(30)31)3-5-14(22)16(26)8-11-2-4-13(20(24)29)19(28)18(11)22/h2,4,12,14-16,28H,3,5-10,23H2,1H3,(H2,24,29)(H,25,27)(H,30,31)/t12-,14?,15-,16+,22-/m1/s1. The monoisotopic (exact) mass is 430 g/mol. The van der Waals surface area contributed by atoms with Crippen LogP contribution in [-0.4, -0.2) is 64.6 Å². The normalized spacial score (nSPS) is 30.6. The fraction of sp³-hybridized carbons (Fsp3) is 0.591. The van der Waals surface area contributed by atoms with Gasteiger partial charge >= 0.3 is 5.97 Å². The van der Waals surface area contributed by atoms with E-state index in [1.54, 1.807) is 6.07 Å². The van der Waals surface area contributed by atoms with Gasteiger partial charge in [0.05, 0.1) is 12.0 Å². The first-order chi connectivity index (χ1) is 14.6.